The summed E-state index contributed by atoms with van der Waals surface area (Å²) >= 11 is 0. The molecule has 0 aromatic heterocycles. The van der Waals surface area contributed by atoms with Gasteiger partial charge in [0.2, 0.25) is 0 Å². The Morgan fingerprint density at radius 1 is 1.00 bits per heavy atom. The molecule has 0 radical (unpaired) electrons. The summed E-state index contributed by atoms with van der Waals surface area (Å²) in [6, 6.07) is 11.6. The van der Waals surface area contributed by atoms with Gasteiger partial charge in [0.1, 0.15) is 0 Å². The van der Waals surface area contributed by atoms with Crippen LogP contribution in [0.1, 0.15) is 21.5 Å². The van der Waals surface area contributed by atoms with Gasteiger partial charge in [-0.15, -0.1) is 0 Å². The van der Waals surface area contributed by atoms with Gasteiger partial charge < -0.3 is 5.32 Å². The van der Waals surface area contributed by atoms with Gasteiger partial charge in [-0.25, -0.2) is 0 Å². The predicted octanol–water partition coefficient (Wildman–Crippen LogP) is 4.27. The van der Waals surface area contributed by atoms with Gasteiger partial charge in [-0.05, 0) is 30.7 Å². The highest BCUT2D eigenvalue weighted by Gasteiger charge is 2.34. The van der Waals surface area contributed by atoms with Crippen LogP contribution in [0, 0.1) is 6.92 Å². The third-order valence-electron chi connectivity index (χ3n) is 2.87. The van der Waals surface area contributed by atoms with Crippen molar-refractivity contribution >= 4 is 11.6 Å². The second-order valence-electron chi connectivity index (χ2n) is 4.31. The number of aryl methyl sites for hydroxylation is 1. The molecule has 2 nitrogen and oxygen atoms in total. The lowest BCUT2D eigenvalue weighted by molar-refractivity contribution is -0.137. The smallest absolute Gasteiger partial charge is 0.322 e. The summed E-state index contributed by atoms with van der Waals surface area (Å²) < 4.78 is 38.5. The van der Waals surface area contributed by atoms with E-state index in [1.165, 1.54) is 12.1 Å². The first kappa shape index (κ1) is 14.1. The maximum Gasteiger partial charge on any atom is 0.417 e. The van der Waals surface area contributed by atoms with Crippen LogP contribution in [0.4, 0.5) is 18.9 Å². The largest absolute Gasteiger partial charge is 0.417 e. The standard InChI is InChI=1S/C15H12F3NO/c1-10-6-2-5-9-13(10)19-14(20)11-7-3-4-8-12(11)15(16,17)18/h2-9H,1H3,(H,19,20). The van der Waals surface area contributed by atoms with E-state index in [-0.39, 0.29) is 5.56 Å². The first-order valence-electron chi connectivity index (χ1n) is 5.93. The number of alkyl halides is 3. The quantitative estimate of drug-likeness (QED) is 0.874. The first-order chi connectivity index (χ1) is 9.39. The molecular formula is C15H12F3NO. The number of para-hydroxylation sites is 1. The highest BCUT2D eigenvalue weighted by Crippen LogP contribution is 2.32. The van der Waals surface area contributed by atoms with Crippen LogP contribution in [0.15, 0.2) is 48.5 Å². The Balaban J connectivity index is 2.34. The Kier molecular flexibility index (Phi) is 3.79. The lowest BCUT2D eigenvalue weighted by Gasteiger charge is -2.13. The average molecular weight is 279 g/mol. The summed E-state index contributed by atoms with van der Waals surface area (Å²) in [5.74, 6) is -0.771. The number of amides is 1. The maximum atomic E-state index is 12.8. The summed E-state index contributed by atoms with van der Waals surface area (Å²) in [7, 11) is 0. The van der Waals surface area contributed by atoms with E-state index in [1.807, 2.05) is 0 Å². The highest BCUT2D eigenvalue weighted by atomic mass is 19.4. The van der Waals surface area contributed by atoms with E-state index in [1.54, 1.807) is 31.2 Å². The molecular weight excluding hydrogens is 267 g/mol. The molecule has 104 valence electrons. The van der Waals surface area contributed by atoms with Crippen LogP contribution in [0.25, 0.3) is 0 Å². The van der Waals surface area contributed by atoms with Gasteiger partial charge in [0.25, 0.3) is 5.91 Å². The first-order valence-corrected chi connectivity index (χ1v) is 5.93. The number of benzene rings is 2. The lowest BCUT2D eigenvalue weighted by Crippen LogP contribution is -2.19. The molecule has 0 atom stereocenters. The van der Waals surface area contributed by atoms with Crippen LogP contribution in [0.5, 0.6) is 0 Å². The SMILES string of the molecule is Cc1ccccc1NC(=O)c1ccccc1C(F)(F)F. The molecule has 0 aliphatic rings. The molecule has 0 fully saturated rings. The zero-order valence-electron chi connectivity index (χ0n) is 10.7. The van der Waals surface area contributed by atoms with Crippen molar-refractivity contribution in [2.24, 2.45) is 0 Å². The molecule has 1 amide bonds. The van der Waals surface area contributed by atoms with Crippen molar-refractivity contribution in [1.82, 2.24) is 0 Å². The van der Waals surface area contributed by atoms with Crippen molar-refractivity contribution in [1.29, 1.82) is 0 Å². The Labute approximate surface area is 114 Å². The van der Waals surface area contributed by atoms with E-state index in [0.29, 0.717) is 5.69 Å². The Morgan fingerprint density at radius 3 is 2.25 bits per heavy atom. The summed E-state index contributed by atoms with van der Waals surface area (Å²) in [5.41, 5.74) is -0.0471. The van der Waals surface area contributed by atoms with Crippen LogP contribution in [0.3, 0.4) is 0 Å². The predicted molar refractivity (Wildman–Crippen MR) is 70.6 cm³/mol. The molecule has 2 rings (SSSR count). The number of nitrogens with one attached hydrogen (secondary N) is 1. The molecule has 5 heteroatoms. The van der Waals surface area contributed by atoms with E-state index in [4.69, 9.17) is 0 Å². The van der Waals surface area contributed by atoms with Gasteiger partial charge in [0.05, 0.1) is 11.1 Å². The summed E-state index contributed by atoms with van der Waals surface area (Å²) in [6.45, 7) is 1.77. The third-order valence-corrected chi connectivity index (χ3v) is 2.87. The fourth-order valence-corrected chi connectivity index (χ4v) is 1.83. The number of halogens is 3. The number of carbonyl (C=O) groups is 1. The zero-order chi connectivity index (χ0) is 14.8. The number of carbonyl (C=O) groups excluding carboxylic acids is 1. The van der Waals surface area contributed by atoms with E-state index >= 15 is 0 Å². The van der Waals surface area contributed by atoms with Gasteiger partial charge in [0.15, 0.2) is 0 Å². The van der Waals surface area contributed by atoms with Crippen LogP contribution < -0.4 is 5.32 Å². The minimum atomic E-state index is -4.56. The molecule has 0 aliphatic heterocycles. The molecule has 0 aliphatic carbocycles. The Bertz CT molecular complexity index is 635. The van der Waals surface area contributed by atoms with Gasteiger partial charge in [-0.1, -0.05) is 30.3 Å². The van der Waals surface area contributed by atoms with E-state index in [0.717, 1.165) is 17.7 Å². The molecule has 0 bridgehead atoms. The van der Waals surface area contributed by atoms with E-state index in [2.05, 4.69) is 5.32 Å². The third kappa shape index (κ3) is 2.99. The normalized spacial score (nSPS) is 11.2. The molecule has 20 heavy (non-hydrogen) atoms. The lowest BCUT2D eigenvalue weighted by atomic mass is 10.1. The van der Waals surface area contributed by atoms with Gasteiger partial charge in [0, 0.05) is 5.69 Å². The monoisotopic (exact) mass is 279 g/mol. The minimum absolute atomic E-state index is 0.386. The number of hydrogen-bond donors (Lipinski definition) is 1. The molecule has 0 saturated carbocycles. The van der Waals surface area contributed by atoms with Gasteiger partial charge in [-0.3, -0.25) is 4.79 Å². The molecule has 2 aromatic rings. The Hall–Kier alpha value is -2.30. The summed E-state index contributed by atoms with van der Waals surface area (Å²) in [4.78, 5) is 12.0. The van der Waals surface area contributed by atoms with Crippen LogP contribution in [-0.4, -0.2) is 5.91 Å². The molecule has 0 heterocycles. The van der Waals surface area contributed by atoms with Crippen LogP contribution >= 0.6 is 0 Å². The Morgan fingerprint density at radius 2 is 1.60 bits per heavy atom. The summed E-state index contributed by atoms with van der Waals surface area (Å²) in [6.07, 6.45) is -4.56. The maximum absolute atomic E-state index is 12.8. The highest BCUT2D eigenvalue weighted by molar-refractivity contribution is 6.05. The summed E-state index contributed by atoms with van der Waals surface area (Å²) in [5, 5.41) is 2.50. The average Bonchev–Trinajstić information content (AvgIpc) is 2.40. The molecule has 0 unspecified atom stereocenters. The minimum Gasteiger partial charge on any atom is -0.322 e. The van der Waals surface area contributed by atoms with E-state index in [9.17, 15) is 18.0 Å². The zero-order valence-corrected chi connectivity index (χ0v) is 10.7. The van der Waals surface area contributed by atoms with Crippen molar-refractivity contribution in [2.75, 3.05) is 5.32 Å². The fraction of sp³-hybridized carbons (Fsp3) is 0.133. The topological polar surface area (TPSA) is 29.1 Å². The van der Waals surface area contributed by atoms with E-state index < -0.39 is 17.6 Å². The second kappa shape index (κ2) is 5.36. The molecule has 0 saturated heterocycles. The van der Waals surface area contributed by atoms with Crippen molar-refractivity contribution < 1.29 is 18.0 Å². The molecule has 2 aromatic carbocycles. The van der Waals surface area contributed by atoms with Crippen LogP contribution in [0.2, 0.25) is 0 Å². The van der Waals surface area contributed by atoms with Crippen molar-refractivity contribution in [3.63, 3.8) is 0 Å². The number of rotatable bonds is 2. The number of hydrogen-bond acceptors (Lipinski definition) is 1. The molecule has 1 N–H and O–H groups in total. The van der Waals surface area contributed by atoms with Gasteiger partial charge >= 0.3 is 6.18 Å². The van der Waals surface area contributed by atoms with Gasteiger partial charge in [-0.2, -0.15) is 13.2 Å². The fourth-order valence-electron chi connectivity index (χ4n) is 1.83. The van der Waals surface area contributed by atoms with Crippen molar-refractivity contribution in [2.45, 2.75) is 13.1 Å². The van der Waals surface area contributed by atoms with Crippen molar-refractivity contribution in [3.05, 3.63) is 65.2 Å². The number of anilines is 1. The molecule has 0 spiro atoms. The van der Waals surface area contributed by atoms with Crippen LogP contribution in [-0.2, 0) is 6.18 Å². The second-order valence-corrected chi connectivity index (χ2v) is 4.31. The van der Waals surface area contributed by atoms with Crippen molar-refractivity contribution in [3.8, 4) is 0 Å².